The fourth-order valence-electron chi connectivity index (χ4n) is 12.9. The highest BCUT2D eigenvalue weighted by molar-refractivity contribution is 6.30. The lowest BCUT2D eigenvalue weighted by Gasteiger charge is -2.29. The topological polar surface area (TPSA) is 6.48 Å². The van der Waals surface area contributed by atoms with Crippen LogP contribution in [0, 0.1) is 0 Å². The minimum Gasteiger partial charge on any atom is -0.310 e. The second-order valence-corrected chi connectivity index (χ2v) is 20.8. The fraction of sp³-hybridized carbons (Fsp3) is 0.0411. The van der Waals surface area contributed by atoms with E-state index in [-0.39, 0.29) is 5.41 Å². The summed E-state index contributed by atoms with van der Waals surface area (Å²) in [5.41, 5.74) is 16.7. The van der Waals surface area contributed by atoms with Gasteiger partial charge in [-0.2, -0.15) is 0 Å². The first-order valence-corrected chi connectivity index (χ1v) is 26.2. The SMILES string of the molecule is CC1(C)c2ccccc2-c2ccc(-c3c4cc(N(c5ccccc5)c5cccc6ccccc56)ccc4c(-c4ccc5ccc6cccc7ccc4c5c67)c4cc(N(c5ccccc5)c5ccccc5)ccc34)cc21. The maximum absolute atomic E-state index is 2.51. The standard InChI is InChI=1S/C73H50N2/c1-73(2)66-30-15-14-29-58(66)59-39-36-51(44-67(59)73)70-62-42-37-55(74(52-22-6-3-7-23-52)53-24-8-4-9-25-53)45-65(62)72(61-41-35-50-33-32-48-20-16-21-49-34-40-60(61)71(50)69(48)49)63-43-38-56(46-64(63)70)75(54-26-10-5-11-27-54)68-31-17-19-47-18-12-13-28-57(47)68/h3-46H,1-2H3. The molecule has 0 atom stereocenters. The third kappa shape index (κ3) is 6.66. The number of para-hydroxylation sites is 3. The Kier molecular flexibility index (Phi) is 9.65. The van der Waals surface area contributed by atoms with Crippen molar-refractivity contribution in [3.05, 3.63) is 278 Å². The van der Waals surface area contributed by atoms with E-state index in [4.69, 9.17) is 0 Å². The molecule has 0 aromatic heterocycles. The maximum Gasteiger partial charge on any atom is 0.0540 e. The van der Waals surface area contributed by atoms with E-state index in [1.165, 1.54) is 109 Å². The van der Waals surface area contributed by atoms with Gasteiger partial charge in [0.2, 0.25) is 0 Å². The van der Waals surface area contributed by atoms with Crippen LogP contribution in [-0.2, 0) is 5.41 Å². The maximum atomic E-state index is 2.51. The Morgan fingerprint density at radius 3 is 1.48 bits per heavy atom. The molecular weight excluding hydrogens is 905 g/mol. The summed E-state index contributed by atoms with van der Waals surface area (Å²) in [7, 11) is 0. The molecule has 2 heteroatoms. The Bertz CT molecular complexity index is 4500. The summed E-state index contributed by atoms with van der Waals surface area (Å²) in [6.45, 7) is 4.78. The van der Waals surface area contributed by atoms with Crippen molar-refractivity contribution in [2.75, 3.05) is 9.80 Å². The van der Waals surface area contributed by atoms with Gasteiger partial charge in [-0.1, -0.05) is 208 Å². The number of fused-ring (bicyclic) bond motifs is 6. The molecule has 352 valence electrons. The molecule has 15 rings (SSSR count). The molecule has 14 aromatic carbocycles. The number of benzene rings is 14. The molecule has 0 bridgehead atoms. The number of rotatable bonds is 8. The molecule has 0 heterocycles. The second-order valence-electron chi connectivity index (χ2n) is 20.8. The molecule has 1 aliphatic rings. The summed E-state index contributed by atoms with van der Waals surface area (Å²) in [6.07, 6.45) is 0. The van der Waals surface area contributed by atoms with E-state index >= 15 is 0 Å². The van der Waals surface area contributed by atoms with Crippen molar-refractivity contribution >= 4 is 98.8 Å². The smallest absolute Gasteiger partial charge is 0.0540 e. The Labute approximate surface area is 437 Å². The van der Waals surface area contributed by atoms with Gasteiger partial charge in [0.05, 0.1) is 5.69 Å². The van der Waals surface area contributed by atoms with E-state index in [1.807, 2.05) is 0 Å². The Morgan fingerprint density at radius 2 is 0.760 bits per heavy atom. The molecule has 0 N–H and O–H groups in total. The number of anilines is 6. The first kappa shape index (κ1) is 43.1. The van der Waals surface area contributed by atoms with E-state index in [9.17, 15) is 0 Å². The molecule has 0 fully saturated rings. The normalized spacial score (nSPS) is 12.8. The summed E-state index contributed by atoms with van der Waals surface area (Å²) in [6, 6.07) is 99.4. The van der Waals surface area contributed by atoms with Crippen LogP contribution >= 0.6 is 0 Å². The van der Waals surface area contributed by atoms with E-state index in [1.54, 1.807) is 0 Å². The monoisotopic (exact) mass is 954 g/mol. The van der Waals surface area contributed by atoms with Gasteiger partial charge in [0.1, 0.15) is 0 Å². The molecule has 1 aliphatic carbocycles. The van der Waals surface area contributed by atoms with Crippen LogP contribution in [-0.4, -0.2) is 0 Å². The van der Waals surface area contributed by atoms with Gasteiger partial charge < -0.3 is 9.80 Å². The van der Waals surface area contributed by atoms with Crippen LogP contribution in [0.4, 0.5) is 34.1 Å². The summed E-state index contributed by atoms with van der Waals surface area (Å²) >= 11 is 0. The summed E-state index contributed by atoms with van der Waals surface area (Å²) < 4.78 is 0. The second kappa shape index (κ2) is 16.8. The molecule has 0 aliphatic heterocycles. The van der Waals surface area contributed by atoms with E-state index < -0.39 is 0 Å². The zero-order valence-corrected chi connectivity index (χ0v) is 41.8. The van der Waals surface area contributed by atoms with Crippen LogP contribution in [0.15, 0.2) is 267 Å². The molecule has 0 amide bonds. The predicted molar refractivity (Wildman–Crippen MR) is 320 cm³/mol. The van der Waals surface area contributed by atoms with Gasteiger partial charge in [-0.15, -0.1) is 0 Å². The average molecular weight is 955 g/mol. The third-order valence-corrected chi connectivity index (χ3v) is 16.3. The first-order chi connectivity index (χ1) is 37.0. The molecule has 0 unspecified atom stereocenters. The highest BCUT2D eigenvalue weighted by atomic mass is 15.1. The van der Waals surface area contributed by atoms with E-state index in [0.717, 1.165) is 34.1 Å². The Morgan fingerprint density at radius 1 is 0.267 bits per heavy atom. The zero-order valence-electron chi connectivity index (χ0n) is 41.8. The van der Waals surface area contributed by atoms with E-state index in [2.05, 4.69) is 291 Å². The minimum absolute atomic E-state index is 0.183. The number of hydrogen-bond donors (Lipinski definition) is 0. The molecule has 2 nitrogen and oxygen atoms in total. The van der Waals surface area contributed by atoms with Gasteiger partial charge in [0.15, 0.2) is 0 Å². The minimum atomic E-state index is -0.183. The molecule has 0 spiro atoms. The van der Waals surface area contributed by atoms with Crippen molar-refractivity contribution in [1.82, 2.24) is 0 Å². The Balaban J connectivity index is 1.10. The molecular formula is C73H50N2. The highest BCUT2D eigenvalue weighted by Gasteiger charge is 2.36. The molecule has 14 aromatic rings. The van der Waals surface area contributed by atoms with Crippen molar-refractivity contribution in [3.63, 3.8) is 0 Å². The predicted octanol–water partition coefficient (Wildman–Crippen LogP) is 20.6. The van der Waals surface area contributed by atoms with Gasteiger partial charge in [-0.05, 0) is 177 Å². The van der Waals surface area contributed by atoms with Gasteiger partial charge in [-0.3, -0.25) is 0 Å². The van der Waals surface area contributed by atoms with Crippen LogP contribution in [0.5, 0.6) is 0 Å². The molecule has 75 heavy (non-hydrogen) atoms. The van der Waals surface area contributed by atoms with Crippen LogP contribution in [0.2, 0.25) is 0 Å². The van der Waals surface area contributed by atoms with Crippen LogP contribution in [0.1, 0.15) is 25.0 Å². The van der Waals surface area contributed by atoms with Crippen LogP contribution in [0.3, 0.4) is 0 Å². The third-order valence-electron chi connectivity index (χ3n) is 16.3. The lowest BCUT2D eigenvalue weighted by molar-refractivity contribution is 0.660. The lowest BCUT2D eigenvalue weighted by Crippen LogP contribution is -2.14. The largest absolute Gasteiger partial charge is 0.310 e. The number of nitrogens with zero attached hydrogens (tertiary/aromatic N) is 2. The van der Waals surface area contributed by atoms with Crippen molar-refractivity contribution in [2.24, 2.45) is 0 Å². The van der Waals surface area contributed by atoms with Gasteiger partial charge >= 0.3 is 0 Å². The van der Waals surface area contributed by atoms with Crippen molar-refractivity contribution in [1.29, 1.82) is 0 Å². The summed E-state index contributed by atoms with van der Waals surface area (Å²) in [5.74, 6) is 0. The van der Waals surface area contributed by atoms with Crippen LogP contribution in [0.25, 0.3) is 98.0 Å². The van der Waals surface area contributed by atoms with Crippen molar-refractivity contribution in [2.45, 2.75) is 19.3 Å². The zero-order chi connectivity index (χ0) is 49.8. The summed E-state index contributed by atoms with van der Waals surface area (Å²) in [5, 5.41) is 14.9. The highest BCUT2D eigenvalue weighted by Crippen LogP contribution is 2.54. The van der Waals surface area contributed by atoms with Crippen molar-refractivity contribution < 1.29 is 0 Å². The van der Waals surface area contributed by atoms with Gasteiger partial charge in [-0.25, -0.2) is 0 Å². The summed E-state index contributed by atoms with van der Waals surface area (Å²) in [4.78, 5) is 4.85. The van der Waals surface area contributed by atoms with Gasteiger partial charge in [0, 0.05) is 39.2 Å². The molecule has 0 saturated heterocycles. The van der Waals surface area contributed by atoms with E-state index in [0.29, 0.717) is 0 Å². The fourth-order valence-corrected chi connectivity index (χ4v) is 12.9. The quantitative estimate of drug-likeness (QED) is 0.111. The average Bonchev–Trinajstić information content (AvgIpc) is 3.70. The molecule has 0 radical (unpaired) electrons. The first-order valence-electron chi connectivity index (χ1n) is 26.2. The van der Waals surface area contributed by atoms with Crippen LogP contribution < -0.4 is 9.80 Å². The Hall–Kier alpha value is -9.50. The van der Waals surface area contributed by atoms with Gasteiger partial charge in [0.25, 0.3) is 0 Å². The lowest BCUT2D eigenvalue weighted by atomic mass is 9.80. The number of hydrogen-bond acceptors (Lipinski definition) is 2. The molecule has 0 saturated carbocycles. The van der Waals surface area contributed by atoms with Crippen molar-refractivity contribution in [3.8, 4) is 33.4 Å².